The van der Waals surface area contributed by atoms with Crippen LogP contribution in [-0.2, 0) is 11.3 Å². The van der Waals surface area contributed by atoms with Crippen molar-refractivity contribution < 1.29 is 18.3 Å². The van der Waals surface area contributed by atoms with Gasteiger partial charge in [0.1, 0.15) is 6.61 Å². The first-order valence-corrected chi connectivity index (χ1v) is 6.47. The van der Waals surface area contributed by atoms with Gasteiger partial charge in [0.25, 0.3) is 5.92 Å². The van der Waals surface area contributed by atoms with Gasteiger partial charge in [-0.2, -0.15) is 0 Å². The minimum absolute atomic E-state index is 0.181. The number of alkyl halides is 2. The number of nitrogens with one attached hydrogen (secondary N) is 1. The highest BCUT2D eigenvalue weighted by Gasteiger charge is 2.34. The van der Waals surface area contributed by atoms with Gasteiger partial charge in [0, 0.05) is 30.6 Å². The van der Waals surface area contributed by atoms with Gasteiger partial charge in [0.2, 0.25) is 0 Å². The van der Waals surface area contributed by atoms with Crippen LogP contribution in [0, 0.1) is 0 Å². The Kier molecular flexibility index (Phi) is 6.84. The quantitative estimate of drug-likeness (QED) is 0.824. The molecule has 1 saturated heterocycles. The van der Waals surface area contributed by atoms with Crippen LogP contribution in [0.15, 0.2) is 30.3 Å². The second-order valence-electron chi connectivity index (χ2n) is 4.46. The number of rotatable bonds is 2. The van der Waals surface area contributed by atoms with Crippen LogP contribution in [0.1, 0.15) is 12.0 Å². The second kappa shape index (κ2) is 8.14. The first-order chi connectivity index (χ1) is 9.39. The van der Waals surface area contributed by atoms with Crippen LogP contribution < -0.4 is 11.1 Å². The molecule has 0 aliphatic carbocycles. The number of halogens is 3. The molecule has 0 unspecified atom stereocenters. The molecule has 0 saturated carbocycles. The summed E-state index contributed by atoms with van der Waals surface area (Å²) in [5.41, 5.74) is 5.43. The molecular weight excluding hydrogens is 290 g/mol. The van der Waals surface area contributed by atoms with E-state index in [1.54, 1.807) is 0 Å². The summed E-state index contributed by atoms with van der Waals surface area (Å²) in [5.74, 6) is -2.59. The first-order valence-electron chi connectivity index (χ1n) is 6.09. The van der Waals surface area contributed by atoms with E-state index in [9.17, 15) is 13.6 Å². The van der Waals surface area contributed by atoms with E-state index in [1.165, 1.54) is 0 Å². The average Bonchev–Trinajstić information content (AvgIpc) is 2.37. The van der Waals surface area contributed by atoms with Crippen molar-refractivity contribution in [2.24, 2.45) is 5.73 Å². The SMILES string of the molecule is N[C@@H]1CNCC(F)(F)C1.O=C(Cl)OCc1ccccc1. The molecule has 20 heavy (non-hydrogen) atoms. The van der Waals surface area contributed by atoms with Crippen LogP contribution in [0.25, 0.3) is 0 Å². The summed E-state index contributed by atoms with van der Waals surface area (Å²) in [7, 11) is 0. The summed E-state index contributed by atoms with van der Waals surface area (Å²) in [6.07, 6.45) is -0.181. The van der Waals surface area contributed by atoms with E-state index in [-0.39, 0.29) is 25.6 Å². The third kappa shape index (κ3) is 7.37. The highest BCUT2D eigenvalue weighted by molar-refractivity contribution is 6.61. The summed E-state index contributed by atoms with van der Waals surface area (Å²) in [4.78, 5) is 10.2. The van der Waals surface area contributed by atoms with Gasteiger partial charge < -0.3 is 15.8 Å². The normalized spacial score (nSPS) is 20.5. The maximum Gasteiger partial charge on any atom is 0.404 e. The van der Waals surface area contributed by atoms with Crippen molar-refractivity contribution in [3.05, 3.63) is 35.9 Å². The molecule has 1 aromatic carbocycles. The molecular formula is C13H17ClF2N2O2. The van der Waals surface area contributed by atoms with Gasteiger partial charge in [0.15, 0.2) is 0 Å². The van der Waals surface area contributed by atoms with Crippen LogP contribution in [0.4, 0.5) is 13.6 Å². The van der Waals surface area contributed by atoms with Gasteiger partial charge in [-0.05, 0) is 5.56 Å². The van der Waals surface area contributed by atoms with E-state index in [1.807, 2.05) is 30.3 Å². The lowest BCUT2D eigenvalue weighted by Crippen LogP contribution is -2.49. The molecule has 0 aromatic heterocycles. The summed E-state index contributed by atoms with van der Waals surface area (Å²) in [5, 5.41) is 2.55. The van der Waals surface area contributed by atoms with Crippen molar-refractivity contribution in [3.63, 3.8) is 0 Å². The van der Waals surface area contributed by atoms with Crippen LogP contribution >= 0.6 is 11.6 Å². The third-order valence-electron chi connectivity index (χ3n) is 2.55. The highest BCUT2D eigenvalue weighted by atomic mass is 35.5. The molecule has 1 aliphatic heterocycles. The number of benzene rings is 1. The lowest BCUT2D eigenvalue weighted by molar-refractivity contribution is -0.0266. The second-order valence-corrected chi connectivity index (χ2v) is 4.77. The zero-order chi connectivity index (χ0) is 15.0. The zero-order valence-electron chi connectivity index (χ0n) is 10.8. The molecule has 1 fully saturated rings. The van der Waals surface area contributed by atoms with E-state index in [2.05, 4.69) is 10.1 Å². The lowest BCUT2D eigenvalue weighted by Gasteiger charge is -2.26. The molecule has 112 valence electrons. The molecule has 0 radical (unpaired) electrons. The Morgan fingerprint density at radius 1 is 1.45 bits per heavy atom. The monoisotopic (exact) mass is 306 g/mol. The standard InChI is InChI=1S/C8H7ClO2.C5H10F2N2/c9-8(10)11-6-7-4-2-1-3-5-7;6-5(7)1-4(8)2-9-3-5/h1-5H,6H2;4,9H,1-3,8H2/t;4-/m.0/s1. The molecule has 2 rings (SSSR count). The number of hydrogen-bond donors (Lipinski definition) is 2. The Balaban J connectivity index is 0.000000204. The maximum absolute atomic E-state index is 12.3. The Labute approximate surface area is 121 Å². The molecule has 1 aliphatic rings. The van der Waals surface area contributed by atoms with E-state index >= 15 is 0 Å². The van der Waals surface area contributed by atoms with Gasteiger partial charge >= 0.3 is 5.43 Å². The van der Waals surface area contributed by atoms with Crippen molar-refractivity contribution in [1.82, 2.24) is 5.32 Å². The Hall–Kier alpha value is -1.24. The molecule has 0 bridgehead atoms. The number of carbonyl (C=O) groups is 1. The smallest absolute Gasteiger partial charge is 0.404 e. The maximum atomic E-state index is 12.3. The predicted octanol–water partition coefficient (Wildman–Crippen LogP) is 2.50. The predicted molar refractivity (Wildman–Crippen MR) is 72.9 cm³/mol. The van der Waals surface area contributed by atoms with Gasteiger partial charge in [-0.3, -0.25) is 0 Å². The van der Waals surface area contributed by atoms with Gasteiger partial charge in [-0.25, -0.2) is 13.6 Å². The van der Waals surface area contributed by atoms with Crippen LogP contribution in [0.2, 0.25) is 0 Å². The van der Waals surface area contributed by atoms with Gasteiger partial charge in [-0.15, -0.1) is 0 Å². The number of ether oxygens (including phenoxy) is 1. The van der Waals surface area contributed by atoms with E-state index < -0.39 is 11.4 Å². The zero-order valence-corrected chi connectivity index (χ0v) is 11.6. The average molecular weight is 307 g/mol. The highest BCUT2D eigenvalue weighted by Crippen LogP contribution is 2.20. The Morgan fingerprint density at radius 3 is 2.55 bits per heavy atom. The molecule has 7 heteroatoms. The van der Waals surface area contributed by atoms with Crippen molar-refractivity contribution in [1.29, 1.82) is 0 Å². The summed E-state index contributed by atoms with van der Waals surface area (Å²) in [6, 6.07) is 8.98. The Bertz CT molecular complexity index is 418. The number of piperidine rings is 1. The number of nitrogens with two attached hydrogens (primary N) is 1. The molecule has 3 N–H and O–H groups in total. The largest absolute Gasteiger partial charge is 0.449 e. The molecule has 1 aromatic rings. The van der Waals surface area contributed by atoms with Gasteiger partial charge in [0.05, 0.1) is 6.54 Å². The fourth-order valence-electron chi connectivity index (χ4n) is 1.68. The number of hydrogen-bond acceptors (Lipinski definition) is 4. The third-order valence-corrected chi connectivity index (χ3v) is 2.66. The van der Waals surface area contributed by atoms with E-state index in [4.69, 9.17) is 17.3 Å². The topological polar surface area (TPSA) is 64.3 Å². The molecule has 4 nitrogen and oxygen atoms in total. The van der Waals surface area contributed by atoms with E-state index in [0.717, 1.165) is 5.56 Å². The molecule has 0 spiro atoms. The number of carbonyl (C=O) groups excluding carboxylic acids is 1. The fraction of sp³-hybridized carbons (Fsp3) is 0.462. The summed E-state index contributed by atoms with van der Waals surface area (Å²) < 4.78 is 29.2. The van der Waals surface area contributed by atoms with Gasteiger partial charge in [-0.1, -0.05) is 30.3 Å². The minimum Gasteiger partial charge on any atom is -0.449 e. The first kappa shape index (κ1) is 16.8. The minimum atomic E-state index is -2.59. The summed E-state index contributed by atoms with van der Waals surface area (Å²) in [6.45, 7) is 0.527. The van der Waals surface area contributed by atoms with Crippen LogP contribution in [0.3, 0.4) is 0 Å². The van der Waals surface area contributed by atoms with Crippen molar-refractivity contribution >= 4 is 17.0 Å². The lowest BCUT2D eigenvalue weighted by atomic mass is 10.1. The molecule has 1 atom stereocenters. The van der Waals surface area contributed by atoms with Crippen molar-refractivity contribution in [2.75, 3.05) is 13.1 Å². The van der Waals surface area contributed by atoms with Crippen molar-refractivity contribution in [3.8, 4) is 0 Å². The Morgan fingerprint density at radius 2 is 2.10 bits per heavy atom. The van der Waals surface area contributed by atoms with E-state index in [0.29, 0.717) is 6.54 Å². The fourth-order valence-corrected chi connectivity index (χ4v) is 1.74. The molecule has 0 amide bonds. The summed E-state index contributed by atoms with van der Waals surface area (Å²) >= 11 is 4.97. The molecule has 1 heterocycles. The van der Waals surface area contributed by atoms with Crippen molar-refractivity contribution in [2.45, 2.75) is 25.0 Å². The van der Waals surface area contributed by atoms with Crippen LogP contribution in [-0.4, -0.2) is 30.5 Å². The van der Waals surface area contributed by atoms with Crippen LogP contribution in [0.5, 0.6) is 0 Å².